The smallest absolute Gasteiger partial charge is 0.418 e. The van der Waals surface area contributed by atoms with Crippen molar-refractivity contribution in [1.29, 1.82) is 0 Å². The first kappa shape index (κ1) is 27.1. The fraction of sp³-hybridized carbons (Fsp3) is 0. The molecule has 0 nitrogen and oxygen atoms in total. The Bertz CT molecular complexity index is 386. The summed E-state index contributed by atoms with van der Waals surface area (Å²) >= 11 is 0. The first-order valence-corrected chi connectivity index (χ1v) is 5.33. The van der Waals surface area contributed by atoms with Crippen molar-refractivity contribution in [3.63, 3.8) is 0 Å². The van der Waals surface area contributed by atoms with Gasteiger partial charge in [0.1, 0.15) is 5.82 Å². The van der Waals surface area contributed by atoms with Crippen LogP contribution in [0, 0.1) is 5.82 Å². The summed E-state index contributed by atoms with van der Waals surface area (Å²) in [7, 11) is -18.0. The van der Waals surface area contributed by atoms with Gasteiger partial charge in [0.05, 0.1) is 0 Å². The van der Waals surface area contributed by atoms with Crippen molar-refractivity contribution in [3.05, 3.63) is 42.2 Å². The minimum Gasteiger partial charge on any atom is -0.418 e. The second-order valence-corrected chi connectivity index (χ2v) is 3.24. The van der Waals surface area contributed by atoms with Crippen molar-refractivity contribution < 1.29 is 56.2 Å². The number of rotatable bonds is 1. The van der Waals surface area contributed by atoms with Crippen LogP contribution < -0.4 is 0 Å². The van der Waals surface area contributed by atoms with Crippen molar-refractivity contribution >= 4 is 27.8 Å². The second-order valence-electron chi connectivity index (χ2n) is 3.24. The van der Waals surface area contributed by atoms with Gasteiger partial charge in [0.15, 0.2) is 0 Å². The van der Waals surface area contributed by atoms with Crippen LogP contribution in [0.5, 0.6) is 0 Å². The maximum Gasteiger partial charge on any atom is 0.673 e. The van der Waals surface area contributed by atoms with Gasteiger partial charge in [-0.1, -0.05) is 24.8 Å². The standard InChI is InChI=1S/C8H7F.3BF4/c1-2-7-3-5-8(9)6-4-7;3*2-1(3,4)5/h2-6H,1H2;;;/q;3*-1. The van der Waals surface area contributed by atoms with E-state index in [1.807, 2.05) is 0 Å². The van der Waals surface area contributed by atoms with Gasteiger partial charge < -0.3 is 51.8 Å². The van der Waals surface area contributed by atoms with Gasteiger partial charge in [0, 0.05) is 0 Å². The minimum atomic E-state index is -6.00. The first-order valence-electron chi connectivity index (χ1n) is 5.33. The van der Waals surface area contributed by atoms with E-state index in [1.165, 1.54) is 12.1 Å². The molecule has 0 aliphatic carbocycles. The average molecular weight is 383 g/mol. The summed E-state index contributed by atoms with van der Waals surface area (Å²) in [6, 6.07) is 6.19. The van der Waals surface area contributed by atoms with E-state index >= 15 is 0 Å². The van der Waals surface area contributed by atoms with Gasteiger partial charge in [-0.25, -0.2) is 4.39 Å². The van der Waals surface area contributed by atoms with E-state index in [0.717, 1.165) is 5.56 Å². The Morgan fingerprint density at radius 2 is 0.792 bits per heavy atom. The predicted molar refractivity (Wildman–Crippen MR) is 67.0 cm³/mol. The Morgan fingerprint density at radius 3 is 0.958 bits per heavy atom. The van der Waals surface area contributed by atoms with Crippen LogP contribution in [0.25, 0.3) is 6.08 Å². The van der Waals surface area contributed by atoms with Crippen LogP contribution in [0.3, 0.4) is 0 Å². The Balaban J connectivity index is -0.000000259. The average Bonchev–Trinajstić information content (AvgIpc) is 2.23. The van der Waals surface area contributed by atoms with Crippen LogP contribution >= 0.6 is 0 Å². The molecule has 0 unspecified atom stereocenters. The van der Waals surface area contributed by atoms with Crippen LogP contribution in [0.2, 0.25) is 0 Å². The van der Waals surface area contributed by atoms with E-state index in [9.17, 15) is 56.2 Å². The van der Waals surface area contributed by atoms with E-state index in [-0.39, 0.29) is 5.82 Å². The molecule has 0 amide bonds. The van der Waals surface area contributed by atoms with Crippen molar-refractivity contribution in [3.8, 4) is 0 Å². The zero-order valence-corrected chi connectivity index (χ0v) is 11.2. The maximum atomic E-state index is 12.2. The Kier molecular flexibility index (Phi) is 13.2. The lowest BCUT2D eigenvalue weighted by molar-refractivity contribution is 0.366. The molecule has 0 saturated carbocycles. The van der Waals surface area contributed by atoms with E-state index in [4.69, 9.17) is 0 Å². The molecule has 0 bridgehead atoms. The minimum absolute atomic E-state index is 0.208. The zero-order chi connectivity index (χ0) is 20.2. The van der Waals surface area contributed by atoms with Gasteiger partial charge in [-0.2, -0.15) is 0 Å². The third-order valence-corrected chi connectivity index (χ3v) is 1.11. The molecule has 0 N–H and O–H groups in total. The van der Waals surface area contributed by atoms with E-state index in [1.54, 1.807) is 18.2 Å². The molecule has 16 heteroatoms. The molecule has 0 aromatic heterocycles. The van der Waals surface area contributed by atoms with Gasteiger partial charge in [-0.05, 0) is 17.7 Å². The highest BCUT2D eigenvalue weighted by molar-refractivity contribution is 6.50. The summed E-state index contributed by atoms with van der Waals surface area (Å²) < 4.78 is 129. The van der Waals surface area contributed by atoms with Crippen LogP contribution in [0.15, 0.2) is 30.8 Å². The molecule has 1 aromatic rings. The lowest BCUT2D eigenvalue weighted by Gasteiger charge is -1.94. The number of hydrogen-bond acceptors (Lipinski definition) is 0. The van der Waals surface area contributed by atoms with Crippen molar-refractivity contribution in [2.75, 3.05) is 0 Å². The van der Waals surface area contributed by atoms with Crippen LogP contribution in [-0.2, 0) is 0 Å². The zero-order valence-electron chi connectivity index (χ0n) is 11.2. The third kappa shape index (κ3) is 71.4. The Labute approximate surface area is 127 Å². The largest absolute Gasteiger partial charge is 0.673 e. The summed E-state index contributed by atoms with van der Waals surface area (Å²) in [6.45, 7) is 3.54. The molecular weight excluding hydrogens is 375 g/mol. The number of benzene rings is 1. The molecule has 0 aliphatic rings. The molecule has 0 saturated heterocycles. The van der Waals surface area contributed by atoms with Gasteiger partial charge >= 0.3 is 21.8 Å². The first-order chi connectivity index (χ1) is 10.3. The number of hydrogen-bond donors (Lipinski definition) is 0. The van der Waals surface area contributed by atoms with E-state index < -0.39 is 21.8 Å². The summed E-state index contributed by atoms with van der Waals surface area (Å²) in [5, 5.41) is 0. The topological polar surface area (TPSA) is 0 Å². The highest BCUT2D eigenvalue weighted by Crippen LogP contribution is 2.07. The molecule has 1 rings (SSSR count). The van der Waals surface area contributed by atoms with Crippen LogP contribution in [0.4, 0.5) is 56.2 Å². The molecule has 0 heterocycles. The molecule has 0 radical (unpaired) electrons. The lowest BCUT2D eigenvalue weighted by atomic mass is 10.2. The summed E-state index contributed by atoms with van der Waals surface area (Å²) in [5.41, 5.74) is 0.941. The third-order valence-electron chi connectivity index (χ3n) is 1.11. The molecular formula is C8H7B3F13-3. The number of halogens is 13. The quantitative estimate of drug-likeness (QED) is 0.391. The molecule has 142 valence electrons. The highest BCUT2D eigenvalue weighted by Gasteiger charge is 2.21. The summed E-state index contributed by atoms with van der Waals surface area (Å²) in [6.07, 6.45) is 1.68. The summed E-state index contributed by atoms with van der Waals surface area (Å²) in [4.78, 5) is 0. The Morgan fingerprint density at radius 1 is 0.583 bits per heavy atom. The van der Waals surface area contributed by atoms with Gasteiger partial charge in [-0.3, -0.25) is 0 Å². The van der Waals surface area contributed by atoms with Crippen LogP contribution in [0.1, 0.15) is 5.56 Å². The molecule has 0 spiro atoms. The van der Waals surface area contributed by atoms with Crippen molar-refractivity contribution in [2.45, 2.75) is 0 Å². The highest BCUT2D eigenvalue weighted by atomic mass is 19.5. The maximum absolute atomic E-state index is 12.2. The van der Waals surface area contributed by atoms with Crippen molar-refractivity contribution in [2.24, 2.45) is 0 Å². The SMILES string of the molecule is C=Cc1ccc(F)cc1.F[B-](F)(F)F.F[B-](F)(F)F.F[B-](F)(F)F. The van der Waals surface area contributed by atoms with Gasteiger partial charge in [0.25, 0.3) is 0 Å². The fourth-order valence-electron chi connectivity index (χ4n) is 0.599. The van der Waals surface area contributed by atoms with Gasteiger partial charge in [0.2, 0.25) is 0 Å². The molecule has 0 fully saturated rings. The van der Waals surface area contributed by atoms with Crippen molar-refractivity contribution in [1.82, 2.24) is 0 Å². The summed E-state index contributed by atoms with van der Waals surface area (Å²) in [5.74, 6) is -0.208. The van der Waals surface area contributed by atoms with Gasteiger partial charge in [-0.15, -0.1) is 0 Å². The lowest BCUT2D eigenvalue weighted by Crippen LogP contribution is -2.02. The monoisotopic (exact) mass is 383 g/mol. The fourth-order valence-corrected chi connectivity index (χ4v) is 0.599. The second kappa shape index (κ2) is 11.7. The predicted octanol–water partition coefficient (Wildman–Crippen LogP) is 6.37. The molecule has 24 heavy (non-hydrogen) atoms. The van der Waals surface area contributed by atoms with Crippen LogP contribution in [-0.4, -0.2) is 21.8 Å². The molecule has 0 aliphatic heterocycles. The molecule has 1 aromatic carbocycles. The normalized spacial score (nSPS) is 10.9. The Hall–Kier alpha value is -1.76. The molecule has 0 atom stereocenters. The van der Waals surface area contributed by atoms with E-state index in [0.29, 0.717) is 0 Å². The van der Waals surface area contributed by atoms with E-state index in [2.05, 4.69) is 6.58 Å².